The maximum Gasteiger partial charge on any atom is 0.251 e. The largest absolute Gasteiger partial charge is 0.379 e. The topological polar surface area (TPSA) is 21.7 Å². The summed E-state index contributed by atoms with van der Waals surface area (Å²) in [5, 5.41) is 4.35. The van der Waals surface area contributed by atoms with Crippen LogP contribution in [0.1, 0.15) is 19.3 Å². The van der Waals surface area contributed by atoms with Crippen LogP contribution in [0.25, 0.3) is 0 Å². The zero-order valence-electron chi connectivity index (χ0n) is 11.8. The molecule has 0 N–H and O–H groups in total. The minimum Gasteiger partial charge on any atom is -0.379 e. The highest BCUT2D eigenvalue weighted by molar-refractivity contribution is 6.86. The number of hydrogen-bond donors (Lipinski definition) is 0. The summed E-state index contributed by atoms with van der Waals surface area (Å²) in [6.45, 7) is 3.35. The molecule has 5 heteroatoms. The van der Waals surface area contributed by atoms with Crippen molar-refractivity contribution in [2.45, 2.75) is 31.4 Å². The van der Waals surface area contributed by atoms with Crippen LogP contribution in [0.2, 0.25) is 17.1 Å². The average molecular weight is 312 g/mol. The lowest BCUT2D eigenvalue weighted by atomic mass is 10.3. The summed E-state index contributed by atoms with van der Waals surface area (Å²) in [5.41, 5.74) is 0. The van der Waals surface area contributed by atoms with Gasteiger partial charge in [0.15, 0.2) is 0 Å². The van der Waals surface area contributed by atoms with E-state index in [1.165, 1.54) is 36.5 Å². The number of benzene rings is 1. The van der Waals surface area contributed by atoms with E-state index < -0.39 is 8.32 Å². The summed E-state index contributed by atoms with van der Waals surface area (Å²) >= 11 is 6.04. The Bertz CT molecular complexity index is 428. The summed E-state index contributed by atoms with van der Waals surface area (Å²) in [4.78, 5) is 0. The number of morpholine rings is 1. The molecule has 0 atom stereocenters. The first-order chi connectivity index (χ1) is 9.78. The molecule has 1 aromatic carbocycles. The molecule has 2 aliphatic heterocycles. The number of nitrogens with zero attached hydrogens (tertiary/aromatic N) is 1. The van der Waals surface area contributed by atoms with Crippen molar-refractivity contribution in [1.29, 1.82) is 0 Å². The van der Waals surface area contributed by atoms with Crippen LogP contribution in [0.15, 0.2) is 24.3 Å². The molecule has 3 rings (SSSR count). The zero-order valence-corrected chi connectivity index (χ0v) is 13.6. The van der Waals surface area contributed by atoms with Crippen molar-refractivity contribution in [2.75, 3.05) is 26.3 Å². The smallest absolute Gasteiger partial charge is 0.251 e. The van der Waals surface area contributed by atoms with Gasteiger partial charge in [0.05, 0.1) is 13.2 Å². The average Bonchev–Trinajstić information content (AvgIpc) is 2.50. The molecule has 0 aromatic heterocycles. The van der Waals surface area contributed by atoms with Gasteiger partial charge in [-0.05, 0) is 29.4 Å². The third-order valence-corrected chi connectivity index (χ3v) is 8.87. The molecule has 0 saturated carbocycles. The maximum atomic E-state index is 6.59. The van der Waals surface area contributed by atoms with Gasteiger partial charge in [-0.2, -0.15) is 5.06 Å². The van der Waals surface area contributed by atoms with E-state index in [0.717, 1.165) is 31.3 Å². The van der Waals surface area contributed by atoms with Crippen molar-refractivity contribution in [3.05, 3.63) is 29.3 Å². The standard InChI is InChI=1S/C15H22ClNO2Si/c16-14-4-6-15(7-5-14)20(12-2-1-3-13-20)19-17-8-10-18-11-9-17/h4-7H,1-3,8-13H2. The van der Waals surface area contributed by atoms with Gasteiger partial charge >= 0.3 is 0 Å². The van der Waals surface area contributed by atoms with Gasteiger partial charge in [0.25, 0.3) is 8.32 Å². The van der Waals surface area contributed by atoms with Crippen LogP contribution in [0.5, 0.6) is 0 Å². The molecule has 20 heavy (non-hydrogen) atoms. The van der Waals surface area contributed by atoms with E-state index in [9.17, 15) is 0 Å². The third kappa shape index (κ3) is 3.26. The minimum absolute atomic E-state index is 0.783. The highest BCUT2D eigenvalue weighted by atomic mass is 35.5. The van der Waals surface area contributed by atoms with Gasteiger partial charge in [-0.15, -0.1) is 0 Å². The molecular weight excluding hydrogens is 290 g/mol. The fourth-order valence-corrected chi connectivity index (χ4v) is 7.53. The van der Waals surface area contributed by atoms with Gasteiger partial charge in [0.2, 0.25) is 0 Å². The SMILES string of the molecule is Clc1ccc([Si]2(ON3CCOCC3)CCCCC2)cc1. The van der Waals surface area contributed by atoms with E-state index in [4.69, 9.17) is 20.9 Å². The number of rotatable bonds is 3. The summed E-state index contributed by atoms with van der Waals surface area (Å²) < 4.78 is 12.0. The predicted octanol–water partition coefficient (Wildman–Crippen LogP) is 2.94. The van der Waals surface area contributed by atoms with Crippen molar-refractivity contribution in [1.82, 2.24) is 5.06 Å². The van der Waals surface area contributed by atoms with E-state index in [2.05, 4.69) is 17.2 Å². The Morgan fingerprint density at radius 3 is 2.30 bits per heavy atom. The first-order valence-corrected chi connectivity index (χ1v) is 10.3. The van der Waals surface area contributed by atoms with E-state index in [-0.39, 0.29) is 0 Å². The highest BCUT2D eigenvalue weighted by Crippen LogP contribution is 2.30. The summed E-state index contributed by atoms with van der Waals surface area (Å²) in [7, 11) is -1.86. The van der Waals surface area contributed by atoms with Crippen LogP contribution < -0.4 is 5.19 Å². The van der Waals surface area contributed by atoms with E-state index >= 15 is 0 Å². The van der Waals surface area contributed by atoms with Crippen molar-refractivity contribution >= 4 is 25.1 Å². The molecule has 0 aliphatic carbocycles. The first kappa shape index (κ1) is 14.5. The van der Waals surface area contributed by atoms with E-state index in [0.29, 0.717) is 0 Å². The molecule has 3 nitrogen and oxygen atoms in total. The number of hydrogen-bond acceptors (Lipinski definition) is 3. The Morgan fingerprint density at radius 2 is 1.65 bits per heavy atom. The van der Waals surface area contributed by atoms with Crippen LogP contribution in [-0.4, -0.2) is 39.7 Å². The molecule has 2 saturated heterocycles. The Morgan fingerprint density at radius 1 is 1.00 bits per heavy atom. The highest BCUT2D eigenvalue weighted by Gasteiger charge is 2.41. The Hall–Kier alpha value is -0.393. The van der Waals surface area contributed by atoms with Crippen LogP contribution in [0, 0.1) is 0 Å². The Labute approximate surface area is 126 Å². The second-order valence-corrected chi connectivity index (χ2v) is 9.88. The lowest BCUT2D eigenvalue weighted by Crippen LogP contribution is -2.57. The first-order valence-electron chi connectivity index (χ1n) is 7.56. The van der Waals surface area contributed by atoms with Crippen LogP contribution in [0.3, 0.4) is 0 Å². The van der Waals surface area contributed by atoms with Crippen molar-refractivity contribution in [2.24, 2.45) is 0 Å². The van der Waals surface area contributed by atoms with Gasteiger partial charge in [0, 0.05) is 18.1 Å². The summed E-state index contributed by atoms with van der Waals surface area (Å²) in [6.07, 6.45) is 3.92. The normalized spacial score (nSPS) is 23.6. The second kappa shape index (κ2) is 6.58. The second-order valence-electron chi connectivity index (χ2n) is 5.69. The molecule has 0 unspecified atom stereocenters. The predicted molar refractivity (Wildman–Crippen MR) is 83.8 cm³/mol. The number of hydroxylamine groups is 2. The molecule has 2 fully saturated rings. The minimum atomic E-state index is -1.86. The molecule has 2 heterocycles. The van der Waals surface area contributed by atoms with Crippen molar-refractivity contribution in [3.8, 4) is 0 Å². The quantitative estimate of drug-likeness (QED) is 0.801. The Balaban J connectivity index is 1.81. The fraction of sp³-hybridized carbons (Fsp3) is 0.600. The van der Waals surface area contributed by atoms with E-state index in [1.54, 1.807) is 0 Å². The van der Waals surface area contributed by atoms with Gasteiger partial charge in [0.1, 0.15) is 0 Å². The summed E-state index contributed by atoms with van der Waals surface area (Å²) in [5.74, 6) is 0. The third-order valence-electron chi connectivity index (χ3n) is 4.31. The summed E-state index contributed by atoms with van der Waals surface area (Å²) in [6, 6.07) is 10.8. The van der Waals surface area contributed by atoms with Crippen LogP contribution >= 0.6 is 11.6 Å². The Kier molecular flexibility index (Phi) is 4.78. The molecule has 2 aliphatic rings. The van der Waals surface area contributed by atoms with Crippen LogP contribution in [-0.2, 0) is 9.26 Å². The number of halogens is 1. The molecule has 1 aromatic rings. The number of ether oxygens (including phenoxy) is 1. The lowest BCUT2D eigenvalue weighted by molar-refractivity contribution is -0.126. The van der Waals surface area contributed by atoms with Gasteiger partial charge in [-0.1, -0.05) is 43.0 Å². The van der Waals surface area contributed by atoms with Crippen LogP contribution in [0.4, 0.5) is 0 Å². The van der Waals surface area contributed by atoms with Gasteiger partial charge in [-0.25, -0.2) is 0 Å². The maximum absolute atomic E-state index is 6.59. The molecule has 0 bridgehead atoms. The molecular formula is C15H22ClNO2Si. The monoisotopic (exact) mass is 311 g/mol. The lowest BCUT2D eigenvalue weighted by Gasteiger charge is -2.40. The molecule has 0 spiro atoms. The fourth-order valence-electron chi connectivity index (χ4n) is 3.19. The molecule has 0 amide bonds. The molecule has 0 radical (unpaired) electrons. The zero-order chi connectivity index (χ0) is 13.8. The van der Waals surface area contributed by atoms with Gasteiger partial charge < -0.3 is 9.26 Å². The van der Waals surface area contributed by atoms with Crippen molar-refractivity contribution in [3.63, 3.8) is 0 Å². The molecule has 110 valence electrons. The van der Waals surface area contributed by atoms with Crippen molar-refractivity contribution < 1.29 is 9.26 Å². The van der Waals surface area contributed by atoms with Gasteiger partial charge in [-0.3, -0.25) is 0 Å². The van der Waals surface area contributed by atoms with E-state index in [1.807, 2.05) is 12.1 Å².